The van der Waals surface area contributed by atoms with E-state index in [1.54, 1.807) is 10.8 Å². The van der Waals surface area contributed by atoms with Gasteiger partial charge in [0.2, 0.25) is 5.91 Å². The summed E-state index contributed by atoms with van der Waals surface area (Å²) in [4.78, 5) is 33.3. The van der Waals surface area contributed by atoms with E-state index in [1.807, 2.05) is 18.2 Å². The van der Waals surface area contributed by atoms with Gasteiger partial charge < -0.3 is 5.32 Å². The molecule has 3 aromatic heterocycles. The Morgan fingerprint density at radius 2 is 2.38 bits per heavy atom. The summed E-state index contributed by atoms with van der Waals surface area (Å²) in [5, 5.41) is 10.5. The quantitative estimate of drug-likeness (QED) is 0.682. The summed E-state index contributed by atoms with van der Waals surface area (Å²) in [5.41, 5.74) is 1.13. The molecule has 0 aliphatic carbocycles. The fraction of sp³-hybridized carbons (Fsp3) is 0.267. The Balaban J connectivity index is 1.49. The lowest BCUT2D eigenvalue weighted by atomic mass is 10.2. The molecule has 1 amide bonds. The number of rotatable bonds is 4. The van der Waals surface area contributed by atoms with Gasteiger partial charge in [-0.1, -0.05) is 17.8 Å². The van der Waals surface area contributed by atoms with Gasteiger partial charge >= 0.3 is 0 Å². The highest BCUT2D eigenvalue weighted by Crippen LogP contribution is 2.32. The molecule has 0 fully saturated rings. The van der Waals surface area contributed by atoms with Crippen molar-refractivity contribution in [2.75, 3.05) is 5.75 Å². The Morgan fingerprint density at radius 3 is 3.21 bits per heavy atom. The van der Waals surface area contributed by atoms with E-state index in [9.17, 15) is 9.59 Å². The topological polar surface area (TPSA) is 106 Å². The minimum atomic E-state index is -0.201. The number of carbonyl (C=O) groups is 1. The van der Waals surface area contributed by atoms with Gasteiger partial charge in [0, 0.05) is 18.4 Å². The zero-order chi connectivity index (χ0) is 16.5. The SMILES string of the molecule is O=C(CC1CSc2nc3[nH]ncc3c(=O)n21)NCc1ccccn1. The first-order valence-electron chi connectivity index (χ1n) is 7.47. The minimum Gasteiger partial charge on any atom is -0.350 e. The molecule has 1 atom stereocenters. The largest absolute Gasteiger partial charge is 0.350 e. The number of hydrogen-bond donors (Lipinski definition) is 2. The van der Waals surface area contributed by atoms with Crippen LogP contribution in [-0.4, -0.2) is 36.4 Å². The Labute approximate surface area is 140 Å². The van der Waals surface area contributed by atoms with Crippen LogP contribution in [0.4, 0.5) is 0 Å². The molecule has 9 heteroatoms. The second kappa shape index (κ2) is 6.08. The Hall–Kier alpha value is -2.68. The molecular weight excluding hydrogens is 328 g/mol. The molecule has 8 nitrogen and oxygen atoms in total. The molecule has 24 heavy (non-hydrogen) atoms. The molecule has 1 aliphatic heterocycles. The normalized spacial score (nSPS) is 16.2. The van der Waals surface area contributed by atoms with Gasteiger partial charge in [-0.3, -0.25) is 24.2 Å². The molecule has 0 radical (unpaired) electrons. The summed E-state index contributed by atoms with van der Waals surface area (Å²) >= 11 is 1.48. The predicted octanol–water partition coefficient (Wildman–Crippen LogP) is 0.868. The van der Waals surface area contributed by atoms with Gasteiger partial charge in [0.25, 0.3) is 5.56 Å². The molecule has 0 spiro atoms. The molecule has 1 unspecified atom stereocenters. The molecule has 122 valence electrons. The van der Waals surface area contributed by atoms with Crippen LogP contribution in [0.25, 0.3) is 11.0 Å². The highest BCUT2D eigenvalue weighted by atomic mass is 32.2. The number of amides is 1. The van der Waals surface area contributed by atoms with Crippen LogP contribution in [0, 0.1) is 0 Å². The van der Waals surface area contributed by atoms with Gasteiger partial charge in [0.15, 0.2) is 10.8 Å². The third-order valence-electron chi connectivity index (χ3n) is 3.87. The van der Waals surface area contributed by atoms with Gasteiger partial charge in [-0.05, 0) is 12.1 Å². The third-order valence-corrected chi connectivity index (χ3v) is 4.96. The second-order valence-electron chi connectivity index (χ2n) is 5.47. The predicted molar refractivity (Wildman–Crippen MR) is 88.6 cm³/mol. The summed E-state index contributed by atoms with van der Waals surface area (Å²) in [6.07, 6.45) is 3.39. The number of H-pyrrole nitrogens is 1. The van der Waals surface area contributed by atoms with Crippen molar-refractivity contribution in [3.05, 3.63) is 46.6 Å². The van der Waals surface area contributed by atoms with Crippen LogP contribution >= 0.6 is 11.8 Å². The standard InChI is InChI=1S/C15H14N6O2S/c22-12(17-6-9-3-1-2-4-16-9)5-10-8-24-15-19-13-11(7-18-20-13)14(23)21(10)15/h1-4,7,10H,5-6,8H2,(H,17,22)(H,18,20). The molecule has 0 saturated carbocycles. The number of hydrogen-bond acceptors (Lipinski definition) is 6. The van der Waals surface area contributed by atoms with Crippen LogP contribution in [0.3, 0.4) is 0 Å². The number of pyridine rings is 1. The van der Waals surface area contributed by atoms with Gasteiger partial charge in [0.1, 0.15) is 5.39 Å². The van der Waals surface area contributed by atoms with E-state index in [0.29, 0.717) is 28.5 Å². The van der Waals surface area contributed by atoms with E-state index in [1.165, 1.54) is 18.0 Å². The second-order valence-corrected chi connectivity index (χ2v) is 6.46. The lowest BCUT2D eigenvalue weighted by Gasteiger charge is -2.13. The highest BCUT2D eigenvalue weighted by molar-refractivity contribution is 7.99. The van der Waals surface area contributed by atoms with E-state index in [-0.39, 0.29) is 23.9 Å². The number of thioether (sulfide) groups is 1. The van der Waals surface area contributed by atoms with Crippen molar-refractivity contribution in [2.24, 2.45) is 0 Å². The first kappa shape index (κ1) is 14.9. The Morgan fingerprint density at radius 1 is 1.46 bits per heavy atom. The summed E-state index contributed by atoms with van der Waals surface area (Å²) in [6, 6.07) is 5.35. The zero-order valence-corrected chi connectivity index (χ0v) is 13.4. The number of carbonyl (C=O) groups excluding carboxylic acids is 1. The van der Waals surface area contributed by atoms with Crippen molar-refractivity contribution in [1.82, 2.24) is 30.0 Å². The van der Waals surface area contributed by atoms with Crippen molar-refractivity contribution in [3.63, 3.8) is 0 Å². The van der Waals surface area contributed by atoms with Crippen LogP contribution in [-0.2, 0) is 11.3 Å². The molecule has 3 aromatic rings. The maximum atomic E-state index is 12.6. The lowest BCUT2D eigenvalue weighted by molar-refractivity contribution is -0.121. The highest BCUT2D eigenvalue weighted by Gasteiger charge is 2.28. The molecule has 4 rings (SSSR count). The van der Waals surface area contributed by atoms with Crippen LogP contribution in [0.2, 0.25) is 0 Å². The summed E-state index contributed by atoms with van der Waals surface area (Å²) in [5.74, 6) is 0.539. The van der Waals surface area contributed by atoms with Crippen molar-refractivity contribution in [2.45, 2.75) is 24.2 Å². The average molecular weight is 342 g/mol. The number of aromatic amines is 1. The van der Waals surface area contributed by atoms with Crippen LogP contribution in [0.5, 0.6) is 0 Å². The summed E-state index contributed by atoms with van der Waals surface area (Å²) in [7, 11) is 0. The monoisotopic (exact) mass is 342 g/mol. The Kier molecular flexibility index (Phi) is 3.77. The van der Waals surface area contributed by atoms with Crippen LogP contribution in [0.15, 0.2) is 40.5 Å². The number of nitrogens with zero attached hydrogens (tertiary/aromatic N) is 4. The molecule has 4 heterocycles. The van der Waals surface area contributed by atoms with Gasteiger partial charge in [-0.2, -0.15) is 5.10 Å². The first-order chi connectivity index (χ1) is 11.7. The lowest BCUT2D eigenvalue weighted by Crippen LogP contribution is -2.30. The average Bonchev–Trinajstić information content (AvgIpc) is 3.22. The Bertz CT molecular complexity index is 952. The van der Waals surface area contributed by atoms with Gasteiger partial charge in [0.05, 0.1) is 24.5 Å². The van der Waals surface area contributed by atoms with Gasteiger partial charge in [-0.25, -0.2) is 4.98 Å². The fourth-order valence-corrected chi connectivity index (χ4v) is 3.82. The molecule has 0 aromatic carbocycles. The summed E-state index contributed by atoms with van der Waals surface area (Å²) < 4.78 is 1.60. The van der Waals surface area contributed by atoms with Crippen molar-refractivity contribution in [1.29, 1.82) is 0 Å². The van der Waals surface area contributed by atoms with E-state index in [2.05, 4.69) is 25.5 Å². The molecule has 2 N–H and O–H groups in total. The van der Waals surface area contributed by atoms with E-state index < -0.39 is 0 Å². The maximum Gasteiger partial charge on any atom is 0.265 e. The molecular formula is C15H14N6O2S. The maximum absolute atomic E-state index is 12.6. The number of nitrogens with one attached hydrogen (secondary N) is 2. The molecule has 1 aliphatic rings. The van der Waals surface area contributed by atoms with Crippen molar-refractivity contribution < 1.29 is 4.79 Å². The summed E-state index contributed by atoms with van der Waals surface area (Å²) in [6.45, 7) is 0.375. The number of fused-ring (bicyclic) bond motifs is 2. The minimum absolute atomic E-state index is 0.113. The zero-order valence-electron chi connectivity index (χ0n) is 12.6. The van der Waals surface area contributed by atoms with E-state index in [4.69, 9.17) is 0 Å². The van der Waals surface area contributed by atoms with E-state index in [0.717, 1.165) is 5.69 Å². The van der Waals surface area contributed by atoms with Crippen molar-refractivity contribution >= 4 is 28.7 Å². The first-order valence-corrected chi connectivity index (χ1v) is 8.46. The van der Waals surface area contributed by atoms with E-state index >= 15 is 0 Å². The smallest absolute Gasteiger partial charge is 0.265 e. The molecule has 0 bridgehead atoms. The van der Waals surface area contributed by atoms with Gasteiger partial charge in [-0.15, -0.1) is 0 Å². The van der Waals surface area contributed by atoms with Crippen molar-refractivity contribution in [3.8, 4) is 0 Å². The van der Waals surface area contributed by atoms with Crippen LogP contribution < -0.4 is 10.9 Å². The number of aromatic nitrogens is 5. The fourth-order valence-electron chi connectivity index (χ4n) is 2.68. The third kappa shape index (κ3) is 2.67. The van der Waals surface area contributed by atoms with Crippen LogP contribution in [0.1, 0.15) is 18.2 Å². The molecule has 0 saturated heterocycles.